The lowest BCUT2D eigenvalue weighted by Crippen LogP contribution is -2.28. The molecule has 2 aromatic carbocycles. The fourth-order valence-corrected chi connectivity index (χ4v) is 4.44. The highest BCUT2D eigenvalue weighted by atomic mass is 32.1. The Morgan fingerprint density at radius 1 is 1.06 bits per heavy atom. The smallest absolute Gasteiger partial charge is 0.257 e. The predicted octanol–water partition coefficient (Wildman–Crippen LogP) is 3.65. The summed E-state index contributed by atoms with van der Waals surface area (Å²) in [6, 6.07) is 12.9. The van der Waals surface area contributed by atoms with Crippen LogP contribution in [0.4, 0.5) is 5.13 Å². The average molecular weight is 433 g/mol. The van der Waals surface area contributed by atoms with Crippen molar-refractivity contribution in [2.24, 2.45) is 0 Å². The zero-order valence-corrected chi connectivity index (χ0v) is 17.4. The van der Waals surface area contributed by atoms with Gasteiger partial charge in [0.2, 0.25) is 11.8 Å². The molecule has 3 heterocycles. The number of nitrogens with one attached hydrogen (secondary N) is 1. The first kappa shape index (κ1) is 19.4. The number of anilines is 1. The van der Waals surface area contributed by atoms with E-state index in [9.17, 15) is 14.4 Å². The average Bonchev–Trinajstić information content (AvgIpc) is 3.51. The monoisotopic (exact) mass is 433 g/mol. The molecular weight excluding hydrogens is 414 g/mol. The van der Waals surface area contributed by atoms with Crippen molar-refractivity contribution in [2.75, 3.05) is 11.9 Å². The molecule has 3 amide bonds. The molecule has 0 bridgehead atoms. The number of rotatable bonds is 5. The highest BCUT2D eigenvalue weighted by molar-refractivity contribution is 7.14. The minimum Gasteiger partial charge on any atom is -0.493 e. The summed E-state index contributed by atoms with van der Waals surface area (Å²) < 4.78 is 5.54. The Hall–Kier alpha value is -3.52. The van der Waals surface area contributed by atoms with E-state index in [1.165, 1.54) is 21.8 Å². The first-order chi connectivity index (χ1) is 15.1. The lowest BCUT2D eigenvalue weighted by Gasteiger charge is -2.13. The van der Waals surface area contributed by atoms with E-state index in [1.54, 1.807) is 24.3 Å². The number of thiazole rings is 1. The Labute approximate surface area is 182 Å². The summed E-state index contributed by atoms with van der Waals surface area (Å²) in [5, 5.41) is 5.27. The normalized spacial score (nSPS) is 15.2. The summed E-state index contributed by atoms with van der Waals surface area (Å²) in [4.78, 5) is 41.9. The van der Waals surface area contributed by atoms with Crippen molar-refractivity contribution in [1.82, 2.24) is 9.88 Å². The number of fused-ring (bicyclic) bond motifs is 1. The molecular formula is C23H19N3O4S. The van der Waals surface area contributed by atoms with Crippen LogP contribution in [0.1, 0.15) is 34.3 Å². The van der Waals surface area contributed by atoms with E-state index in [4.69, 9.17) is 4.74 Å². The molecule has 8 heteroatoms. The fourth-order valence-electron chi connectivity index (χ4n) is 3.72. The van der Waals surface area contributed by atoms with Crippen molar-refractivity contribution in [3.8, 4) is 17.0 Å². The predicted molar refractivity (Wildman–Crippen MR) is 116 cm³/mol. The van der Waals surface area contributed by atoms with Crippen molar-refractivity contribution >= 4 is 34.2 Å². The molecule has 7 nitrogen and oxygen atoms in total. The summed E-state index contributed by atoms with van der Waals surface area (Å²) in [7, 11) is 0. The second kappa shape index (κ2) is 7.96. The lowest BCUT2D eigenvalue weighted by atomic mass is 10.1. The zero-order chi connectivity index (χ0) is 21.4. The van der Waals surface area contributed by atoms with E-state index >= 15 is 0 Å². The van der Waals surface area contributed by atoms with Gasteiger partial charge in [-0.25, -0.2) is 4.98 Å². The van der Waals surface area contributed by atoms with Crippen LogP contribution in [-0.4, -0.2) is 34.2 Å². The maximum atomic E-state index is 12.6. The second-order valence-corrected chi connectivity index (χ2v) is 8.34. The molecule has 5 rings (SSSR count). The van der Waals surface area contributed by atoms with Crippen molar-refractivity contribution in [3.05, 3.63) is 64.5 Å². The first-order valence-electron chi connectivity index (χ1n) is 10.0. The maximum absolute atomic E-state index is 12.6. The molecule has 0 radical (unpaired) electrons. The minimum absolute atomic E-state index is 0.151. The van der Waals surface area contributed by atoms with Gasteiger partial charge in [-0.2, -0.15) is 0 Å². The molecule has 0 unspecified atom stereocenters. The number of ether oxygens (including phenoxy) is 1. The Bertz CT molecular complexity index is 1170. The number of hydrogen-bond acceptors (Lipinski definition) is 6. The number of amides is 3. The van der Waals surface area contributed by atoms with E-state index in [0.29, 0.717) is 17.3 Å². The van der Waals surface area contributed by atoms with Gasteiger partial charge in [0.25, 0.3) is 5.91 Å². The van der Waals surface area contributed by atoms with Crippen molar-refractivity contribution in [2.45, 2.75) is 25.8 Å². The molecule has 0 spiro atoms. The van der Waals surface area contributed by atoms with Crippen LogP contribution in [0, 0.1) is 0 Å². The largest absolute Gasteiger partial charge is 0.493 e. The number of likely N-dealkylation sites (tertiary alicyclic amines) is 1. The standard InChI is InChI=1S/C23H19N3O4S/c27-20-7-8-21(28)26(20)12-14-1-3-15(4-2-14)22(29)25-23-24-18(13-31-23)16-5-6-19-17(11-16)9-10-30-19/h1-6,11,13H,7-10,12H2,(H,24,25,29). The van der Waals surface area contributed by atoms with Gasteiger partial charge in [0.1, 0.15) is 5.75 Å². The van der Waals surface area contributed by atoms with Crippen LogP contribution < -0.4 is 10.1 Å². The fraction of sp³-hybridized carbons (Fsp3) is 0.217. The van der Waals surface area contributed by atoms with Gasteiger partial charge in [0, 0.05) is 35.8 Å². The molecule has 2 aliphatic heterocycles. The molecule has 31 heavy (non-hydrogen) atoms. The first-order valence-corrected chi connectivity index (χ1v) is 10.9. The van der Waals surface area contributed by atoms with Crippen LogP contribution in [0.3, 0.4) is 0 Å². The number of aromatic nitrogens is 1. The van der Waals surface area contributed by atoms with Crippen molar-refractivity contribution in [1.29, 1.82) is 0 Å². The zero-order valence-electron chi connectivity index (χ0n) is 16.6. The number of carbonyl (C=O) groups excluding carboxylic acids is 3. The van der Waals surface area contributed by atoms with Gasteiger partial charge >= 0.3 is 0 Å². The summed E-state index contributed by atoms with van der Waals surface area (Å²) in [6.07, 6.45) is 1.44. The van der Waals surface area contributed by atoms with E-state index in [-0.39, 0.29) is 37.1 Å². The molecule has 1 N–H and O–H groups in total. The SMILES string of the molecule is O=C(Nc1nc(-c2ccc3c(c2)CCO3)cs1)c1ccc(CN2C(=O)CCC2=O)cc1. The molecule has 1 saturated heterocycles. The number of imide groups is 1. The Morgan fingerprint density at radius 2 is 1.84 bits per heavy atom. The van der Waals surface area contributed by atoms with Crippen LogP contribution in [0.5, 0.6) is 5.75 Å². The van der Waals surface area contributed by atoms with Crippen LogP contribution in [0.2, 0.25) is 0 Å². The Morgan fingerprint density at radius 3 is 2.61 bits per heavy atom. The van der Waals surface area contributed by atoms with Gasteiger partial charge < -0.3 is 4.74 Å². The second-order valence-electron chi connectivity index (χ2n) is 7.48. The van der Waals surface area contributed by atoms with Crippen LogP contribution in [0.15, 0.2) is 47.8 Å². The topological polar surface area (TPSA) is 88.6 Å². The van der Waals surface area contributed by atoms with E-state index in [0.717, 1.165) is 29.0 Å². The summed E-state index contributed by atoms with van der Waals surface area (Å²) in [5.41, 5.74) is 4.27. The van der Waals surface area contributed by atoms with Crippen molar-refractivity contribution < 1.29 is 19.1 Å². The maximum Gasteiger partial charge on any atom is 0.257 e. The number of nitrogens with zero attached hydrogens (tertiary/aromatic N) is 2. The van der Waals surface area contributed by atoms with Gasteiger partial charge in [0.15, 0.2) is 5.13 Å². The van der Waals surface area contributed by atoms with Gasteiger partial charge in [-0.3, -0.25) is 24.6 Å². The highest BCUT2D eigenvalue weighted by Gasteiger charge is 2.28. The van der Waals surface area contributed by atoms with E-state index in [2.05, 4.69) is 16.4 Å². The van der Waals surface area contributed by atoms with Crippen molar-refractivity contribution in [3.63, 3.8) is 0 Å². The third-order valence-corrected chi connectivity index (χ3v) is 6.18. The van der Waals surface area contributed by atoms with E-state index in [1.807, 2.05) is 17.5 Å². The summed E-state index contributed by atoms with van der Waals surface area (Å²) >= 11 is 1.37. The van der Waals surface area contributed by atoms with Crippen LogP contribution in [-0.2, 0) is 22.6 Å². The van der Waals surface area contributed by atoms with Gasteiger partial charge in [0.05, 0.1) is 18.8 Å². The third-order valence-electron chi connectivity index (χ3n) is 5.42. The summed E-state index contributed by atoms with van der Waals surface area (Å²) in [6.45, 7) is 0.946. The van der Waals surface area contributed by atoms with E-state index < -0.39 is 0 Å². The Kier molecular flexibility index (Phi) is 4.99. The molecule has 0 saturated carbocycles. The number of carbonyl (C=O) groups is 3. The van der Waals surface area contributed by atoms with Gasteiger partial charge in [-0.15, -0.1) is 11.3 Å². The molecule has 1 fully saturated rings. The molecule has 1 aromatic heterocycles. The summed E-state index contributed by atoms with van der Waals surface area (Å²) in [5.74, 6) is 0.363. The quantitative estimate of drug-likeness (QED) is 0.621. The van der Waals surface area contributed by atoms with Gasteiger partial charge in [-0.1, -0.05) is 12.1 Å². The molecule has 156 valence electrons. The molecule has 0 aliphatic carbocycles. The highest BCUT2D eigenvalue weighted by Crippen LogP contribution is 2.32. The number of benzene rings is 2. The van der Waals surface area contributed by atoms with Gasteiger partial charge in [-0.05, 0) is 41.5 Å². The third kappa shape index (κ3) is 3.94. The van der Waals surface area contributed by atoms with Crippen LogP contribution in [0.25, 0.3) is 11.3 Å². The van der Waals surface area contributed by atoms with Crippen LogP contribution >= 0.6 is 11.3 Å². The lowest BCUT2D eigenvalue weighted by molar-refractivity contribution is -0.139. The molecule has 3 aromatic rings. The minimum atomic E-state index is -0.261. The Balaban J connectivity index is 1.24. The number of hydrogen-bond donors (Lipinski definition) is 1. The molecule has 2 aliphatic rings. The molecule has 0 atom stereocenters.